The summed E-state index contributed by atoms with van der Waals surface area (Å²) in [5, 5.41) is 12.5. The van der Waals surface area contributed by atoms with E-state index in [0.29, 0.717) is 5.71 Å². The molecule has 0 atom stereocenters. The number of pyridine rings is 1. The first-order valence-corrected chi connectivity index (χ1v) is 8.50. The summed E-state index contributed by atoms with van der Waals surface area (Å²) in [6, 6.07) is 5.69. The molecule has 3 heteroatoms. The fraction of sp³-hybridized carbons (Fsp3) is 0.667. The molecule has 1 rings (SSSR count). The quantitative estimate of drug-likeness (QED) is 0.237. The van der Waals surface area contributed by atoms with E-state index in [0.717, 1.165) is 18.5 Å². The molecule has 0 saturated heterocycles. The van der Waals surface area contributed by atoms with Crippen LogP contribution in [-0.2, 0) is 0 Å². The molecule has 0 amide bonds. The summed E-state index contributed by atoms with van der Waals surface area (Å²) in [6.07, 6.45) is 15.7. The summed E-state index contributed by atoms with van der Waals surface area (Å²) >= 11 is 0. The van der Waals surface area contributed by atoms with Crippen LogP contribution in [0.15, 0.2) is 29.6 Å². The molecule has 0 unspecified atom stereocenters. The zero-order valence-electron chi connectivity index (χ0n) is 13.4. The monoisotopic (exact) mass is 290 g/mol. The van der Waals surface area contributed by atoms with Gasteiger partial charge in [0.15, 0.2) is 0 Å². The van der Waals surface area contributed by atoms with E-state index < -0.39 is 0 Å². The molecule has 0 aromatic carbocycles. The van der Waals surface area contributed by atoms with E-state index in [4.69, 9.17) is 5.21 Å². The van der Waals surface area contributed by atoms with Gasteiger partial charge >= 0.3 is 0 Å². The number of rotatable bonds is 12. The summed E-state index contributed by atoms with van der Waals surface area (Å²) in [4.78, 5) is 4.22. The van der Waals surface area contributed by atoms with Crippen molar-refractivity contribution >= 4 is 5.71 Å². The summed E-state index contributed by atoms with van der Waals surface area (Å²) in [7, 11) is 0. The fourth-order valence-electron chi connectivity index (χ4n) is 2.54. The van der Waals surface area contributed by atoms with E-state index in [9.17, 15) is 0 Å². The highest BCUT2D eigenvalue weighted by atomic mass is 16.4. The van der Waals surface area contributed by atoms with Crippen LogP contribution in [0.4, 0.5) is 0 Å². The van der Waals surface area contributed by atoms with Gasteiger partial charge < -0.3 is 5.21 Å². The van der Waals surface area contributed by atoms with Crippen molar-refractivity contribution < 1.29 is 5.21 Å². The van der Waals surface area contributed by atoms with Crippen LogP contribution in [-0.4, -0.2) is 15.9 Å². The maximum absolute atomic E-state index is 9.07. The van der Waals surface area contributed by atoms with Crippen LogP contribution in [0.25, 0.3) is 0 Å². The zero-order chi connectivity index (χ0) is 15.2. The van der Waals surface area contributed by atoms with Gasteiger partial charge in [0, 0.05) is 6.20 Å². The lowest BCUT2D eigenvalue weighted by Gasteiger charge is -2.04. The molecule has 1 heterocycles. The van der Waals surface area contributed by atoms with Crippen LogP contribution in [0.2, 0.25) is 0 Å². The maximum Gasteiger partial charge on any atom is 0.105 e. The molecule has 0 aliphatic carbocycles. The van der Waals surface area contributed by atoms with E-state index in [2.05, 4.69) is 17.1 Å². The molecule has 0 aliphatic heterocycles. The van der Waals surface area contributed by atoms with Crippen LogP contribution in [0.3, 0.4) is 0 Å². The second-order valence-corrected chi connectivity index (χ2v) is 5.69. The topological polar surface area (TPSA) is 45.5 Å². The minimum atomic E-state index is 0.704. The van der Waals surface area contributed by atoms with E-state index in [1.165, 1.54) is 57.8 Å². The van der Waals surface area contributed by atoms with Crippen LogP contribution >= 0.6 is 0 Å². The molecular formula is C18H30N2O. The predicted molar refractivity (Wildman–Crippen MR) is 89.0 cm³/mol. The van der Waals surface area contributed by atoms with Gasteiger partial charge in [0.2, 0.25) is 0 Å². The van der Waals surface area contributed by atoms with Gasteiger partial charge in [0.1, 0.15) is 5.71 Å². The molecule has 0 spiro atoms. The summed E-state index contributed by atoms with van der Waals surface area (Å²) in [5.74, 6) is 0. The van der Waals surface area contributed by atoms with E-state index in [1.54, 1.807) is 6.20 Å². The summed E-state index contributed by atoms with van der Waals surface area (Å²) < 4.78 is 0. The lowest BCUT2D eigenvalue weighted by Crippen LogP contribution is -2.03. The molecule has 118 valence electrons. The Balaban J connectivity index is 2.01. The smallest absolute Gasteiger partial charge is 0.105 e. The van der Waals surface area contributed by atoms with Gasteiger partial charge in [-0.2, -0.15) is 0 Å². The number of oxime groups is 1. The van der Waals surface area contributed by atoms with Crippen LogP contribution in [0.1, 0.15) is 83.2 Å². The van der Waals surface area contributed by atoms with Crippen molar-refractivity contribution in [3.05, 3.63) is 30.1 Å². The summed E-state index contributed by atoms with van der Waals surface area (Å²) in [5.41, 5.74) is 1.49. The first kappa shape index (κ1) is 17.7. The highest BCUT2D eigenvalue weighted by molar-refractivity contribution is 5.98. The Morgan fingerprint density at radius 3 is 2.10 bits per heavy atom. The van der Waals surface area contributed by atoms with Crippen LogP contribution < -0.4 is 0 Å². The van der Waals surface area contributed by atoms with Gasteiger partial charge in [-0.3, -0.25) is 4.98 Å². The number of unbranched alkanes of at least 4 members (excludes halogenated alkanes) is 9. The average molecular weight is 290 g/mol. The zero-order valence-corrected chi connectivity index (χ0v) is 13.4. The van der Waals surface area contributed by atoms with Crippen molar-refractivity contribution in [3.8, 4) is 0 Å². The van der Waals surface area contributed by atoms with Crippen molar-refractivity contribution in [3.63, 3.8) is 0 Å². The largest absolute Gasteiger partial charge is 0.411 e. The standard InChI is InChI=1S/C18H30N2O/c1-2-3-4-5-6-7-8-9-10-11-15-18(20-21)17-14-12-13-16-19-17/h12-14,16,21H,2-11,15H2,1H3. The van der Waals surface area contributed by atoms with Gasteiger partial charge in [-0.1, -0.05) is 75.9 Å². The van der Waals surface area contributed by atoms with Crippen molar-refractivity contribution in [1.29, 1.82) is 0 Å². The Morgan fingerprint density at radius 1 is 0.952 bits per heavy atom. The Bertz CT molecular complexity index is 376. The van der Waals surface area contributed by atoms with Crippen molar-refractivity contribution in [2.24, 2.45) is 5.16 Å². The third-order valence-electron chi connectivity index (χ3n) is 3.85. The lowest BCUT2D eigenvalue weighted by atomic mass is 10.0. The van der Waals surface area contributed by atoms with Crippen molar-refractivity contribution in [2.75, 3.05) is 0 Å². The predicted octanol–water partition coefficient (Wildman–Crippen LogP) is 5.57. The van der Waals surface area contributed by atoms with Gasteiger partial charge in [0.05, 0.1) is 5.69 Å². The SMILES string of the molecule is CCCCCCCCCCCCC(=NO)c1ccccn1. The second-order valence-electron chi connectivity index (χ2n) is 5.69. The number of aromatic nitrogens is 1. The molecule has 1 N–H and O–H groups in total. The number of hydrogen-bond donors (Lipinski definition) is 1. The van der Waals surface area contributed by atoms with Crippen molar-refractivity contribution in [1.82, 2.24) is 4.98 Å². The lowest BCUT2D eigenvalue weighted by molar-refractivity contribution is 0.317. The minimum absolute atomic E-state index is 0.704. The number of hydrogen-bond acceptors (Lipinski definition) is 3. The van der Waals surface area contributed by atoms with Gasteiger partial charge in [-0.15, -0.1) is 0 Å². The Hall–Kier alpha value is -1.38. The molecule has 0 aliphatic rings. The fourth-order valence-corrected chi connectivity index (χ4v) is 2.54. The Morgan fingerprint density at radius 2 is 1.57 bits per heavy atom. The number of nitrogens with zero attached hydrogens (tertiary/aromatic N) is 2. The second kappa shape index (κ2) is 12.4. The van der Waals surface area contributed by atoms with Crippen LogP contribution in [0, 0.1) is 0 Å². The molecule has 3 nitrogen and oxygen atoms in total. The minimum Gasteiger partial charge on any atom is -0.411 e. The van der Waals surface area contributed by atoms with Crippen LogP contribution in [0.5, 0.6) is 0 Å². The molecule has 0 fully saturated rings. The highest BCUT2D eigenvalue weighted by Gasteiger charge is 2.04. The average Bonchev–Trinajstić information content (AvgIpc) is 2.54. The van der Waals surface area contributed by atoms with E-state index >= 15 is 0 Å². The molecule has 0 bridgehead atoms. The third-order valence-corrected chi connectivity index (χ3v) is 3.85. The third kappa shape index (κ3) is 8.49. The van der Waals surface area contributed by atoms with Gasteiger partial charge in [-0.25, -0.2) is 0 Å². The molecule has 1 aromatic heterocycles. The van der Waals surface area contributed by atoms with Gasteiger partial charge in [-0.05, 0) is 25.0 Å². The molecule has 1 aromatic rings. The molecule has 21 heavy (non-hydrogen) atoms. The first-order chi connectivity index (χ1) is 10.4. The Kier molecular flexibility index (Phi) is 10.4. The van der Waals surface area contributed by atoms with E-state index in [1.807, 2.05) is 18.2 Å². The maximum atomic E-state index is 9.07. The highest BCUT2D eigenvalue weighted by Crippen LogP contribution is 2.12. The van der Waals surface area contributed by atoms with E-state index in [-0.39, 0.29) is 0 Å². The first-order valence-electron chi connectivity index (χ1n) is 8.50. The molecule has 0 saturated carbocycles. The Labute approximate surface area is 129 Å². The molecular weight excluding hydrogens is 260 g/mol. The summed E-state index contributed by atoms with van der Waals surface area (Å²) in [6.45, 7) is 2.26. The van der Waals surface area contributed by atoms with Gasteiger partial charge in [0.25, 0.3) is 0 Å². The molecule has 0 radical (unpaired) electrons. The van der Waals surface area contributed by atoms with Crippen molar-refractivity contribution in [2.45, 2.75) is 77.6 Å². The normalized spacial score (nSPS) is 11.8.